The highest BCUT2D eigenvalue weighted by molar-refractivity contribution is 7.99. The van der Waals surface area contributed by atoms with Crippen molar-refractivity contribution in [3.05, 3.63) is 60.2 Å². The molecular formula is C16H15NOS. The molecule has 0 saturated carbocycles. The Kier molecular flexibility index (Phi) is 3.30. The van der Waals surface area contributed by atoms with Crippen molar-refractivity contribution in [1.82, 2.24) is 0 Å². The summed E-state index contributed by atoms with van der Waals surface area (Å²) in [5.41, 5.74) is 2.12. The van der Waals surface area contributed by atoms with Crippen molar-refractivity contribution in [2.75, 3.05) is 5.32 Å². The number of fused-ring (bicyclic) bond motifs is 1. The van der Waals surface area contributed by atoms with Gasteiger partial charge in [-0.2, -0.15) is 0 Å². The van der Waals surface area contributed by atoms with Gasteiger partial charge in [0.25, 0.3) is 0 Å². The summed E-state index contributed by atoms with van der Waals surface area (Å²) in [5, 5.41) is 3.17. The van der Waals surface area contributed by atoms with Crippen LogP contribution in [0.25, 0.3) is 0 Å². The van der Waals surface area contributed by atoms with Gasteiger partial charge in [0.15, 0.2) is 0 Å². The molecule has 1 aliphatic heterocycles. The van der Waals surface area contributed by atoms with Crippen LogP contribution < -0.4 is 5.32 Å². The average Bonchev–Trinajstić information content (AvgIpc) is 2.58. The number of rotatable bonds is 1. The molecule has 0 bridgehead atoms. The van der Waals surface area contributed by atoms with Gasteiger partial charge in [-0.05, 0) is 17.7 Å². The SMILES string of the molecule is C[C@H]1C(=O)Nc2ccccc2S[C@H]1c1ccccc1. The number of carbonyl (C=O) groups excluding carboxylic acids is 1. The van der Waals surface area contributed by atoms with Gasteiger partial charge in [-0.1, -0.05) is 49.4 Å². The lowest BCUT2D eigenvalue weighted by Crippen LogP contribution is -2.22. The predicted octanol–water partition coefficient (Wildman–Crippen LogP) is 4.11. The lowest BCUT2D eigenvalue weighted by atomic mass is 9.99. The Bertz CT molecular complexity index is 597. The summed E-state index contributed by atoms with van der Waals surface area (Å²) in [6.07, 6.45) is 0. The molecule has 0 saturated heterocycles. The lowest BCUT2D eigenvalue weighted by Gasteiger charge is -2.19. The first-order valence-corrected chi connectivity index (χ1v) is 7.25. The molecule has 0 spiro atoms. The minimum Gasteiger partial charge on any atom is -0.325 e. The Morgan fingerprint density at radius 1 is 1.00 bits per heavy atom. The van der Waals surface area contributed by atoms with E-state index in [1.807, 2.05) is 43.3 Å². The molecule has 96 valence electrons. The zero-order chi connectivity index (χ0) is 13.2. The molecule has 0 fully saturated rings. The number of amides is 1. The van der Waals surface area contributed by atoms with Gasteiger partial charge in [0.2, 0.25) is 5.91 Å². The van der Waals surface area contributed by atoms with Crippen LogP contribution in [0.2, 0.25) is 0 Å². The van der Waals surface area contributed by atoms with E-state index in [1.165, 1.54) is 5.56 Å². The van der Waals surface area contributed by atoms with E-state index in [9.17, 15) is 4.79 Å². The molecule has 2 nitrogen and oxygen atoms in total. The van der Waals surface area contributed by atoms with Crippen LogP contribution >= 0.6 is 11.8 Å². The predicted molar refractivity (Wildman–Crippen MR) is 79.3 cm³/mol. The van der Waals surface area contributed by atoms with E-state index in [0.717, 1.165) is 10.6 Å². The van der Waals surface area contributed by atoms with Crippen molar-refractivity contribution in [1.29, 1.82) is 0 Å². The highest BCUT2D eigenvalue weighted by atomic mass is 32.2. The molecule has 0 radical (unpaired) electrons. The summed E-state index contributed by atoms with van der Waals surface area (Å²) in [4.78, 5) is 13.4. The summed E-state index contributed by atoms with van der Waals surface area (Å²) in [6.45, 7) is 1.99. The molecular weight excluding hydrogens is 254 g/mol. The first-order valence-electron chi connectivity index (χ1n) is 6.37. The molecule has 1 N–H and O–H groups in total. The third-order valence-electron chi connectivity index (χ3n) is 3.39. The van der Waals surface area contributed by atoms with E-state index in [0.29, 0.717) is 0 Å². The third kappa shape index (κ3) is 2.38. The number of anilines is 1. The van der Waals surface area contributed by atoms with Crippen LogP contribution in [0.5, 0.6) is 0 Å². The number of thioether (sulfide) groups is 1. The second-order valence-corrected chi connectivity index (χ2v) is 5.91. The normalized spacial score (nSPS) is 22.3. The molecule has 1 aliphatic rings. The van der Waals surface area contributed by atoms with Crippen molar-refractivity contribution in [2.45, 2.75) is 17.1 Å². The maximum absolute atomic E-state index is 12.2. The molecule has 2 aromatic carbocycles. The lowest BCUT2D eigenvalue weighted by molar-refractivity contribution is -0.119. The number of benzene rings is 2. The fraction of sp³-hybridized carbons (Fsp3) is 0.188. The second kappa shape index (κ2) is 5.10. The molecule has 0 aromatic heterocycles. The largest absolute Gasteiger partial charge is 0.325 e. The highest BCUT2D eigenvalue weighted by Crippen LogP contribution is 2.45. The number of nitrogens with one attached hydrogen (secondary N) is 1. The van der Waals surface area contributed by atoms with Gasteiger partial charge in [0.1, 0.15) is 0 Å². The third-order valence-corrected chi connectivity index (χ3v) is 4.94. The molecule has 2 atom stereocenters. The van der Waals surface area contributed by atoms with E-state index in [1.54, 1.807) is 11.8 Å². The standard InChI is InChI=1S/C16H15NOS/c1-11-15(12-7-3-2-4-8-12)19-14-10-6-5-9-13(14)17-16(11)18/h2-11,15H,1H3,(H,17,18)/t11-,15-/m1/s1. The van der Waals surface area contributed by atoms with Gasteiger partial charge in [0, 0.05) is 10.1 Å². The minimum atomic E-state index is -0.0557. The Morgan fingerprint density at radius 2 is 1.68 bits per heavy atom. The van der Waals surface area contributed by atoms with Gasteiger partial charge < -0.3 is 5.32 Å². The van der Waals surface area contributed by atoms with Gasteiger partial charge in [-0.15, -0.1) is 11.8 Å². The summed E-state index contributed by atoms with van der Waals surface area (Å²) in [5.74, 6) is 0.0334. The molecule has 1 amide bonds. The van der Waals surface area contributed by atoms with Crippen LogP contribution in [0.3, 0.4) is 0 Å². The summed E-state index contributed by atoms with van der Waals surface area (Å²) in [6, 6.07) is 18.2. The molecule has 3 rings (SSSR count). The fourth-order valence-corrected chi connectivity index (χ4v) is 3.59. The molecule has 0 unspecified atom stereocenters. The molecule has 19 heavy (non-hydrogen) atoms. The molecule has 3 heteroatoms. The average molecular weight is 269 g/mol. The number of hydrogen-bond donors (Lipinski definition) is 1. The van der Waals surface area contributed by atoms with Crippen LogP contribution in [0.1, 0.15) is 17.7 Å². The first kappa shape index (κ1) is 12.3. The maximum atomic E-state index is 12.2. The summed E-state index contributed by atoms with van der Waals surface area (Å²) >= 11 is 1.76. The van der Waals surface area contributed by atoms with E-state index in [2.05, 4.69) is 23.5 Å². The topological polar surface area (TPSA) is 29.1 Å². The summed E-state index contributed by atoms with van der Waals surface area (Å²) in [7, 11) is 0. The second-order valence-electron chi connectivity index (χ2n) is 4.72. The highest BCUT2D eigenvalue weighted by Gasteiger charge is 2.30. The Hall–Kier alpha value is -1.74. The van der Waals surface area contributed by atoms with Crippen LogP contribution in [-0.2, 0) is 4.79 Å². The fourth-order valence-electron chi connectivity index (χ4n) is 2.30. The smallest absolute Gasteiger partial charge is 0.228 e. The minimum absolute atomic E-state index is 0.0557. The zero-order valence-electron chi connectivity index (χ0n) is 10.7. The van der Waals surface area contributed by atoms with E-state index in [4.69, 9.17) is 0 Å². The van der Waals surface area contributed by atoms with Crippen molar-refractivity contribution in [2.24, 2.45) is 5.92 Å². The van der Waals surface area contributed by atoms with E-state index in [-0.39, 0.29) is 17.1 Å². The molecule has 0 aliphatic carbocycles. The van der Waals surface area contributed by atoms with Crippen molar-refractivity contribution < 1.29 is 4.79 Å². The quantitative estimate of drug-likeness (QED) is 0.844. The maximum Gasteiger partial charge on any atom is 0.228 e. The van der Waals surface area contributed by atoms with Crippen molar-refractivity contribution >= 4 is 23.4 Å². The number of carbonyl (C=O) groups is 1. The zero-order valence-corrected chi connectivity index (χ0v) is 11.5. The molecule has 1 heterocycles. The Labute approximate surface area is 117 Å². The van der Waals surface area contributed by atoms with Gasteiger partial charge >= 0.3 is 0 Å². The van der Waals surface area contributed by atoms with Crippen molar-refractivity contribution in [3.63, 3.8) is 0 Å². The monoisotopic (exact) mass is 269 g/mol. The first-order chi connectivity index (χ1) is 9.25. The number of para-hydroxylation sites is 1. The van der Waals surface area contributed by atoms with E-state index < -0.39 is 0 Å². The van der Waals surface area contributed by atoms with Crippen LogP contribution in [0, 0.1) is 5.92 Å². The number of hydrogen-bond acceptors (Lipinski definition) is 2. The van der Waals surface area contributed by atoms with Gasteiger partial charge in [-0.25, -0.2) is 0 Å². The Balaban J connectivity index is 2.03. The van der Waals surface area contributed by atoms with Gasteiger partial charge in [0.05, 0.1) is 11.6 Å². The van der Waals surface area contributed by atoms with Gasteiger partial charge in [-0.3, -0.25) is 4.79 Å². The van der Waals surface area contributed by atoms with Crippen LogP contribution in [0.4, 0.5) is 5.69 Å². The molecule has 2 aromatic rings. The van der Waals surface area contributed by atoms with Crippen LogP contribution in [0.15, 0.2) is 59.5 Å². The van der Waals surface area contributed by atoms with Crippen molar-refractivity contribution in [3.8, 4) is 0 Å². The van der Waals surface area contributed by atoms with Crippen LogP contribution in [-0.4, -0.2) is 5.91 Å². The Morgan fingerprint density at radius 3 is 2.47 bits per heavy atom. The summed E-state index contributed by atoms with van der Waals surface area (Å²) < 4.78 is 0. The van der Waals surface area contributed by atoms with E-state index >= 15 is 0 Å².